The predicted molar refractivity (Wildman–Crippen MR) is 153 cm³/mol. The van der Waals surface area contributed by atoms with Crippen LogP contribution < -0.4 is 19.1 Å². The number of rotatable bonds is 12. The second-order valence-corrected chi connectivity index (χ2v) is 10.9. The molecule has 0 aromatic heterocycles. The molecular weight excluding hydrogens is 534 g/mol. The van der Waals surface area contributed by atoms with Crippen molar-refractivity contribution in [1.82, 2.24) is 4.90 Å². The van der Waals surface area contributed by atoms with Gasteiger partial charge in [-0.25, -0.2) is 8.42 Å². The van der Waals surface area contributed by atoms with Crippen LogP contribution in [0.15, 0.2) is 71.6 Å². The lowest BCUT2D eigenvalue weighted by molar-refractivity contribution is -0.00846. The molecule has 214 valence electrons. The Bertz CT molecular complexity index is 1390. The fourth-order valence-electron chi connectivity index (χ4n) is 4.35. The lowest BCUT2D eigenvalue weighted by atomic mass is 10.1. The van der Waals surface area contributed by atoms with Gasteiger partial charge >= 0.3 is 0 Å². The van der Waals surface area contributed by atoms with E-state index in [9.17, 15) is 13.2 Å². The minimum Gasteiger partial charge on any atom is -0.495 e. The van der Waals surface area contributed by atoms with Crippen LogP contribution in [-0.2, 0) is 19.5 Å². The monoisotopic (exact) mass is 569 g/mol. The lowest BCUT2D eigenvalue weighted by Gasteiger charge is -2.36. The average Bonchev–Trinajstić information content (AvgIpc) is 2.97. The molecule has 1 heterocycles. The van der Waals surface area contributed by atoms with E-state index in [0.29, 0.717) is 62.0 Å². The maximum Gasteiger partial charge on any atom is 0.261 e. The largest absolute Gasteiger partial charge is 0.495 e. The summed E-state index contributed by atoms with van der Waals surface area (Å²) in [6.45, 7) is 5.05. The van der Waals surface area contributed by atoms with Gasteiger partial charge in [0.1, 0.15) is 11.5 Å². The van der Waals surface area contributed by atoms with Crippen molar-refractivity contribution in [3.05, 3.63) is 77.9 Å². The number of para-hydroxylation sites is 2. The quantitative estimate of drug-likeness (QED) is 0.260. The van der Waals surface area contributed by atoms with Crippen molar-refractivity contribution in [2.24, 2.45) is 0 Å². The van der Waals surface area contributed by atoms with Gasteiger partial charge in [-0.15, -0.1) is 0 Å². The van der Waals surface area contributed by atoms with Gasteiger partial charge in [0.15, 0.2) is 6.79 Å². The van der Waals surface area contributed by atoms with Crippen molar-refractivity contribution < 1.29 is 32.2 Å². The van der Waals surface area contributed by atoms with E-state index in [1.165, 1.54) is 12.1 Å². The minimum atomic E-state index is -3.93. The van der Waals surface area contributed by atoms with Gasteiger partial charge in [0.05, 0.1) is 30.9 Å². The van der Waals surface area contributed by atoms with Gasteiger partial charge in [0, 0.05) is 44.5 Å². The molecule has 0 spiro atoms. The number of sulfonamides is 1. The summed E-state index contributed by atoms with van der Waals surface area (Å²) in [4.78, 5) is 17.4. The van der Waals surface area contributed by atoms with Gasteiger partial charge in [0.2, 0.25) is 0 Å². The van der Waals surface area contributed by atoms with Crippen LogP contribution in [0.1, 0.15) is 15.9 Å². The fraction of sp³-hybridized carbons (Fsp3) is 0.345. The number of anilines is 2. The molecule has 1 aliphatic rings. The molecule has 0 saturated carbocycles. The van der Waals surface area contributed by atoms with Crippen molar-refractivity contribution in [2.75, 3.05) is 70.0 Å². The molecule has 0 aliphatic carbocycles. The van der Waals surface area contributed by atoms with Gasteiger partial charge in [-0.2, -0.15) is 0 Å². The highest BCUT2D eigenvalue weighted by atomic mass is 32.2. The van der Waals surface area contributed by atoms with E-state index in [4.69, 9.17) is 18.9 Å². The van der Waals surface area contributed by atoms with Gasteiger partial charge in [-0.1, -0.05) is 18.2 Å². The Morgan fingerprint density at radius 1 is 0.925 bits per heavy atom. The van der Waals surface area contributed by atoms with E-state index in [-0.39, 0.29) is 17.6 Å². The predicted octanol–water partition coefficient (Wildman–Crippen LogP) is 3.77. The Labute approximate surface area is 235 Å². The summed E-state index contributed by atoms with van der Waals surface area (Å²) in [6.07, 6.45) is 0. The molecule has 1 fully saturated rings. The molecule has 3 aromatic rings. The molecule has 0 atom stereocenters. The number of aryl methyl sites for hydroxylation is 1. The highest BCUT2D eigenvalue weighted by Gasteiger charge is 2.26. The van der Waals surface area contributed by atoms with Crippen LogP contribution in [-0.4, -0.2) is 79.6 Å². The molecule has 1 saturated heterocycles. The summed E-state index contributed by atoms with van der Waals surface area (Å²) in [6, 6.07) is 18.9. The Hall–Kier alpha value is -3.80. The third kappa shape index (κ3) is 7.23. The van der Waals surface area contributed by atoms with Crippen molar-refractivity contribution in [3.63, 3.8) is 0 Å². The van der Waals surface area contributed by atoms with Gasteiger partial charge in [0.25, 0.3) is 15.9 Å². The fourth-order valence-corrected chi connectivity index (χ4v) is 5.44. The zero-order valence-electron chi connectivity index (χ0n) is 23.0. The number of methoxy groups -OCH3 is 2. The number of ether oxygens (including phenoxy) is 4. The zero-order valence-corrected chi connectivity index (χ0v) is 23.8. The number of piperazine rings is 1. The highest BCUT2D eigenvalue weighted by molar-refractivity contribution is 7.92. The Balaban J connectivity index is 1.39. The van der Waals surface area contributed by atoms with Crippen LogP contribution in [0.3, 0.4) is 0 Å². The van der Waals surface area contributed by atoms with E-state index < -0.39 is 10.0 Å². The number of hydrogen-bond acceptors (Lipinski definition) is 8. The highest BCUT2D eigenvalue weighted by Crippen LogP contribution is 2.29. The number of carbonyl (C=O) groups is 1. The maximum atomic E-state index is 13.4. The number of nitrogens with one attached hydrogen (secondary N) is 1. The molecule has 0 unspecified atom stereocenters. The summed E-state index contributed by atoms with van der Waals surface area (Å²) in [5.41, 5.74) is 2.44. The van der Waals surface area contributed by atoms with Crippen LogP contribution >= 0.6 is 0 Å². The Morgan fingerprint density at radius 2 is 1.65 bits per heavy atom. The zero-order chi connectivity index (χ0) is 28.5. The molecule has 11 heteroatoms. The summed E-state index contributed by atoms with van der Waals surface area (Å²) < 4.78 is 50.0. The summed E-state index contributed by atoms with van der Waals surface area (Å²) in [5, 5.41) is 0. The number of nitrogens with zero attached hydrogens (tertiary/aromatic N) is 2. The number of benzene rings is 3. The average molecular weight is 570 g/mol. The second-order valence-electron chi connectivity index (χ2n) is 9.22. The van der Waals surface area contributed by atoms with Gasteiger partial charge in [-0.3, -0.25) is 9.52 Å². The Kier molecular flexibility index (Phi) is 9.86. The summed E-state index contributed by atoms with van der Waals surface area (Å²) >= 11 is 0. The molecule has 1 amide bonds. The van der Waals surface area contributed by atoms with E-state index in [0.717, 1.165) is 11.4 Å². The molecule has 1 aliphatic heterocycles. The van der Waals surface area contributed by atoms with Crippen molar-refractivity contribution >= 4 is 27.3 Å². The van der Waals surface area contributed by atoms with Crippen LogP contribution in [0.2, 0.25) is 0 Å². The molecule has 0 radical (unpaired) electrons. The van der Waals surface area contributed by atoms with Crippen molar-refractivity contribution in [3.8, 4) is 11.5 Å². The first-order valence-electron chi connectivity index (χ1n) is 12.9. The molecule has 4 rings (SSSR count). The molecule has 40 heavy (non-hydrogen) atoms. The number of amides is 1. The van der Waals surface area contributed by atoms with E-state index >= 15 is 0 Å². The summed E-state index contributed by atoms with van der Waals surface area (Å²) in [7, 11) is -0.701. The van der Waals surface area contributed by atoms with Crippen molar-refractivity contribution in [1.29, 1.82) is 0 Å². The Morgan fingerprint density at radius 3 is 2.35 bits per heavy atom. The number of hydrogen-bond donors (Lipinski definition) is 1. The normalized spacial score (nSPS) is 13.7. The smallest absolute Gasteiger partial charge is 0.261 e. The minimum absolute atomic E-state index is 0.0148. The third-order valence-corrected chi connectivity index (χ3v) is 7.97. The van der Waals surface area contributed by atoms with Crippen LogP contribution in [0, 0.1) is 6.92 Å². The molecule has 1 N–H and O–H groups in total. The van der Waals surface area contributed by atoms with Gasteiger partial charge < -0.3 is 28.7 Å². The second kappa shape index (κ2) is 13.5. The van der Waals surface area contributed by atoms with Crippen LogP contribution in [0.25, 0.3) is 0 Å². The molecule has 3 aromatic carbocycles. The summed E-state index contributed by atoms with van der Waals surface area (Å²) in [5.74, 6) is 1.13. The van der Waals surface area contributed by atoms with Gasteiger partial charge in [-0.05, 0) is 61.0 Å². The van der Waals surface area contributed by atoms with Crippen molar-refractivity contribution in [2.45, 2.75) is 11.8 Å². The first-order chi connectivity index (χ1) is 19.3. The SMILES string of the molecule is COCCOCOc1ccc(NS(=O)(=O)c2ccc(C)c(C(=O)N3CCN(c4ccccc4OC)CC3)c2)cc1. The number of carbonyl (C=O) groups excluding carboxylic acids is 1. The first kappa shape index (κ1) is 29.2. The van der Waals surface area contributed by atoms with E-state index in [2.05, 4.69) is 9.62 Å². The van der Waals surface area contributed by atoms with E-state index in [1.54, 1.807) is 56.4 Å². The topological polar surface area (TPSA) is 107 Å². The standard InChI is InChI=1S/C29H35N3O7S/c1-22-8-13-25(40(34,35)30-23-9-11-24(12-10-23)39-21-38-19-18-36-2)20-26(22)29(33)32-16-14-31(15-17-32)27-6-4-5-7-28(27)37-3/h4-13,20,30H,14-19,21H2,1-3H3. The lowest BCUT2D eigenvalue weighted by Crippen LogP contribution is -2.49. The third-order valence-electron chi connectivity index (χ3n) is 6.59. The molecular formula is C29H35N3O7S. The van der Waals surface area contributed by atoms with Crippen LogP contribution in [0.4, 0.5) is 11.4 Å². The van der Waals surface area contributed by atoms with E-state index in [1.807, 2.05) is 24.3 Å². The van der Waals surface area contributed by atoms with Crippen LogP contribution in [0.5, 0.6) is 11.5 Å². The molecule has 10 nitrogen and oxygen atoms in total. The first-order valence-corrected chi connectivity index (χ1v) is 14.4. The molecule has 0 bridgehead atoms. The maximum absolute atomic E-state index is 13.4.